The lowest BCUT2D eigenvalue weighted by molar-refractivity contribution is 0.563. The Labute approximate surface area is 75.5 Å². The third kappa shape index (κ3) is 1.82. The summed E-state index contributed by atoms with van der Waals surface area (Å²) in [6, 6.07) is 0. The molecule has 0 spiro atoms. The van der Waals surface area contributed by atoms with Crippen molar-refractivity contribution in [3.05, 3.63) is 27.2 Å². The molecule has 4 N–H and O–H groups in total. The third-order valence-corrected chi connectivity index (χ3v) is 1.33. The van der Waals surface area contributed by atoms with Gasteiger partial charge in [-0.3, -0.25) is 14.8 Å². The Hall–Kier alpha value is -2.47. The summed E-state index contributed by atoms with van der Waals surface area (Å²) in [7, 11) is 0. The zero-order valence-corrected chi connectivity index (χ0v) is 6.75. The molecule has 0 aromatic carbocycles. The van der Waals surface area contributed by atoms with E-state index in [0.717, 1.165) is 6.08 Å². The molecule has 0 atom stereocenters. The van der Waals surface area contributed by atoms with Gasteiger partial charge in [-0.25, -0.2) is 20.0 Å². The van der Waals surface area contributed by atoms with Gasteiger partial charge in [0.25, 0.3) is 5.56 Å². The molecule has 0 bridgehead atoms. The van der Waals surface area contributed by atoms with Gasteiger partial charge in [-0.15, -0.1) is 0 Å². The van der Waals surface area contributed by atoms with E-state index in [9.17, 15) is 9.59 Å². The van der Waals surface area contributed by atoms with E-state index in [1.165, 1.54) is 6.33 Å². The van der Waals surface area contributed by atoms with Crippen molar-refractivity contribution in [1.82, 2.24) is 19.9 Å². The summed E-state index contributed by atoms with van der Waals surface area (Å²) < 4.78 is 0. The van der Waals surface area contributed by atoms with Gasteiger partial charge in [-0.2, -0.15) is 0 Å². The number of nitrogens with zero attached hydrogens (tertiary/aromatic N) is 1. The van der Waals surface area contributed by atoms with Crippen LogP contribution in [-0.4, -0.2) is 26.0 Å². The average Bonchev–Trinajstić information content (AvgIpc) is 2.53. The summed E-state index contributed by atoms with van der Waals surface area (Å²) in [4.78, 5) is 40.6. The normalized spacial score (nSPS) is 8.86. The first kappa shape index (κ1) is 9.62. The van der Waals surface area contributed by atoms with Crippen LogP contribution >= 0.6 is 0 Å². The number of rotatable bonds is 0. The largest absolute Gasteiger partial charge is 0.339 e. The van der Waals surface area contributed by atoms with E-state index in [2.05, 4.69) is 19.9 Å². The van der Waals surface area contributed by atoms with E-state index < -0.39 is 11.2 Å². The number of H-pyrrole nitrogens is 3. The molecule has 0 amide bonds. The SMILES string of the molecule is N=C=O.O=c1[nH]c(=O)c2[nH]cnc2[nH]1. The van der Waals surface area contributed by atoms with Crippen LogP contribution in [0, 0.1) is 5.41 Å². The molecule has 2 aromatic heterocycles. The summed E-state index contributed by atoms with van der Waals surface area (Å²) in [5.41, 5.74) is -0.445. The van der Waals surface area contributed by atoms with Crippen LogP contribution in [0.5, 0.6) is 0 Å². The lowest BCUT2D eigenvalue weighted by Crippen LogP contribution is -2.21. The first-order valence-electron chi connectivity index (χ1n) is 3.38. The van der Waals surface area contributed by atoms with Crippen LogP contribution in [0.25, 0.3) is 11.2 Å². The molecule has 0 fully saturated rings. The van der Waals surface area contributed by atoms with Crippen LogP contribution in [-0.2, 0) is 4.79 Å². The molecular weight excluding hydrogens is 190 g/mol. The number of aromatic amines is 3. The summed E-state index contributed by atoms with van der Waals surface area (Å²) >= 11 is 0. The maximum atomic E-state index is 10.9. The van der Waals surface area contributed by atoms with Crippen LogP contribution in [0.3, 0.4) is 0 Å². The molecule has 0 aliphatic carbocycles. The highest BCUT2D eigenvalue weighted by molar-refractivity contribution is 5.67. The van der Waals surface area contributed by atoms with Crippen molar-refractivity contribution in [2.45, 2.75) is 0 Å². The van der Waals surface area contributed by atoms with Crippen LogP contribution in [0.4, 0.5) is 0 Å². The second kappa shape index (κ2) is 3.97. The van der Waals surface area contributed by atoms with E-state index in [1.807, 2.05) is 0 Å². The van der Waals surface area contributed by atoms with Crippen molar-refractivity contribution in [1.29, 1.82) is 5.41 Å². The monoisotopic (exact) mass is 195 g/mol. The van der Waals surface area contributed by atoms with Crippen molar-refractivity contribution in [3.8, 4) is 0 Å². The minimum absolute atomic E-state index is 0.277. The predicted molar refractivity (Wildman–Crippen MR) is 45.7 cm³/mol. The van der Waals surface area contributed by atoms with E-state index in [1.54, 1.807) is 0 Å². The Morgan fingerprint density at radius 2 is 2.00 bits per heavy atom. The topological polar surface area (TPSA) is 135 Å². The Kier molecular flexibility index (Phi) is 2.72. The Morgan fingerprint density at radius 3 is 2.64 bits per heavy atom. The molecule has 8 heteroatoms. The summed E-state index contributed by atoms with van der Waals surface area (Å²) in [5.74, 6) is 0. The number of fused-ring (bicyclic) bond motifs is 1. The summed E-state index contributed by atoms with van der Waals surface area (Å²) in [6.45, 7) is 0. The van der Waals surface area contributed by atoms with Crippen LogP contribution in [0.2, 0.25) is 0 Å². The van der Waals surface area contributed by atoms with Crippen molar-refractivity contribution in [2.24, 2.45) is 0 Å². The van der Waals surface area contributed by atoms with E-state index in [0.29, 0.717) is 0 Å². The standard InChI is InChI=1S/C5H4N4O2.CHNO/c10-4-2-3(7-1-6-2)8-5(11)9-4;2-1-3/h1H,(H3,6,7,8,9,10,11);2H. The fourth-order valence-corrected chi connectivity index (χ4v) is 0.867. The maximum absolute atomic E-state index is 10.9. The molecular formula is C6H5N5O3. The Morgan fingerprint density at radius 1 is 1.36 bits per heavy atom. The van der Waals surface area contributed by atoms with Gasteiger partial charge in [0.2, 0.25) is 6.08 Å². The lowest BCUT2D eigenvalue weighted by atomic mass is 10.5. The molecule has 0 radical (unpaired) electrons. The molecule has 0 saturated carbocycles. The molecule has 2 rings (SSSR count). The highest BCUT2D eigenvalue weighted by Gasteiger charge is 1.99. The van der Waals surface area contributed by atoms with Gasteiger partial charge in [0, 0.05) is 0 Å². The molecule has 0 saturated heterocycles. The van der Waals surface area contributed by atoms with Gasteiger partial charge in [-0.1, -0.05) is 0 Å². The number of imidazole rings is 1. The summed E-state index contributed by atoms with van der Waals surface area (Å²) in [6.07, 6.45) is 2.09. The average molecular weight is 195 g/mol. The molecule has 2 heterocycles. The zero-order valence-electron chi connectivity index (χ0n) is 6.75. The number of isocyanates is 1. The molecule has 0 aliphatic heterocycles. The molecule has 2 aromatic rings. The molecule has 8 nitrogen and oxygen atoms in total. The van der Waals surface area contributed by atoms with E-state index in [-0.39, 0.29) is 11.2 Å². The smallest absolute Gasteiger partial charge is 0.327 e. The van der Waals surface area contributed by atoms with E-state index >= 15 is 0 Å². The van der Waals surface area contributed by atoms with Crippen LogP contribution in [0.15, 0.2) is 15.9 Å². The van der Waals surface area contributed by atoms with Gasteiger partial charge in [0.05, 0.1) is 6.33 Å². The first-order valence-corrected chi connectivity index (χ1v) is 3.38. The van der Waals surface area contributed by atoms with Crippen LogP contribution < -0.4 is 11.2 Å². The predicted octanol–water partition coefficient (Wildman–Crippen LogP) is -1.16. The highest BCUT2D eigenvalue weighted by atomic mass is 16.2. The van der Waals surface area contributed by atoms with Crippen LogP contribution in [0.1, 0.15) is 0 Å². The minimum Gasteiger partial charge on any atom is -0.339 e. The number of carbonyl (C=O) groups excluding carboxylic acids is 1. The molecule has 0 unspecified atom stereocenters. The van der Waals surface area contributed by atoms with Crippen molar-refractivity contribution in [3.63, 3.8) is 0 Å². The maximum Gasteiger partial charge on any atom is 0.327 e. The first-order chi connectivity index (χ1) is 6.69. The van der Waals surface area contributed by atoms with Crippen molar-refractivity contribution < 1.29 is 4.79 Å². The van der Waals surface area contributed by atoms with Gasteiger partial charge in [0.15, 0.2) is 5.65 Å². The molecule has 72 valence electrons. The minimum atomic E-state index is -0.547. The number of hydrogen-bond acceptors (Lipinski definition) is 5. The fourth-order valence-electron chi connectivity index (χ4n) is 0.867. The lowest BCUT2D eigenvalue weighted by Gasteiger charge is -1.83. The zero-order chi connectivity index (χ0) is 10.6. The second-order valence-electron chi connectivity index (χ2n) is 2.14. The number of nitrogens with one attached hydrogen (secondary N) is 4. The van der Waals surface area contributed by atoms with Crippen molar-refractivity contribution >= 4 is 17.2 Å². The molecule has 14 heavy (non-hydrogen) atoms. The number of hydrogen-bond donors (Lipinski definition) is 4. The number of aromatic nitrogens is 4. The Balaban J connectivity index is 0.000000293. The van der Waals surface area contributed by atoms with Crippen molar-refractivity contribution in [2.75, 3.05) is 0 Å². The highest BCUT2D eigenvalue weighted by Crippen LogP contribution is 1.92. The third-order valence-electron chi connectivity index (χ3n) is 1.33. The van der Waals surface area contributed by atoms with Gasteiger partial charge in [-0.05, 0) is 0 Å². The van der Waals surface area contributed by atoms with Gasteiger partial charge in [0.1, 0.15) is 5.52 Å². The second-order valence-corrected chi connectivity index (χ2v) is 2.14. The van der Waals surface area contributed by atoms with Gasteiger partial charge >= 0.3 is 5.69 Å². The Bertz CT molecular complexity index is 571. The summed E-state index contributed by atoms with van der Waals surface area (Å²) in [5, 5.41) is 5.40. The van der Waals surface area contributed by atoms with E-state index in [4.69, 9.17) is 10.2 Å². The van der Waals surface area contributed by atoms with Gasteiger partial charge < -0.3 is 4.98 Å². The quantitative estimate of drug-likeness (QED) is 0.311. The fraction of sp³-hybridized carbons (Fsp3) is 0. The molecule has 0 aliphatic rings.